The zero-order chi connectivity index (χ0) is 30.2. The molecule has 2 fully saturated rings. The Bertz CT molecular complexity index is 1390. The summed E-state index contributed by atoms with van der Waals surface area (Å²) in [6.45, 7) is 2.64. The van der Waals surface area contributed by atoms with Crippen LogP contribution in [0.15, 0.2) is 47.5 Å². The van der Waals surface area contributed by atoms with Crippen LogP contribution in [0, 0.1) is 23.4 Å². The van der Waals surface area contributed by atoms with Gasteiger partial charge in [0, 0.05) is 30.9 Å². The van der Waals surface area contributed by atoms with Gasteiger partial charge < -0.3 is 15.2 Å². The van der Waals surface area contributed by atoms with Gasteiger partial charge in [-0.3, -0.25) is 9.69 Å². The standard InChI is InChI=1S/C30H33F3N4O5/c1-17-25(27(38)42-2)26(18-3-8-23(32)24(33)15-18)37(28(39)34-17)29(40)35-21-11-14-36(16-21)22-9-12-30(41,13-10-22)19-4-6-20(31)7-5-19/h3-8,15,21-22,25-26,41H,9-14,16H2,1-2H3,(H,35,40)/t21-,22?,25?,26+,30?/m1/s1. The number of nitrogens with zero attached hydrogens (tertiary/aromatic N) is 3. The van der Waals surface area contributed by atoms with Gasteiger partial charge in [-0.05, 0) is 74.4 Å². The van der Waals surface area contributed by atoms with Crippen molar-refractivity contribution in [2.75, 3.05) is 20.2 Å². The molecule has 2 aliphatic heterocycles. The van der Waals surface area contributed by atoms with Crippen molar-refractivity contribution in [2.45, 2.75) is 62.8 Å². The summed E-state index contributed by atoms with van der Waals surface area (Å²) in [6, 6.07) is 5.69. The number of hydrogen-bond acceptors (Lipinski definition) is 6. The normalized spacial score (nSPS) is 28.4. The van der Waals surface area contributed by atoms with Gasteiger partial charge >= 0.3 is 18.0 Å². The molecule has 1 unspecified atom stereocenters. The first-order valence-corrected chi connectivity index (χ1v) is 13.9. The number of carbonyl (C=O) groups excluding carboxylic acids is 3. The molecular formula is C30H33F3N4O5. The van der Waals surface area contributed by atoms with Crippen LogP contribution in [0.5, 0.6) is 0 Å². The number of hydrogen-bond donors (Lipinski definition) is 2. The van der Waals surface area contributed by atoms with Gasteiger partial charge in [-0.15, -0.1) is 0 Å². The largest absolute Gasteiger partial charge is 0.468 e. The number of aliphatic imine (C=N–C) groups is 1. The number of nitrogens with one attached hydrogen (secondary N) is 1. The lowest BCUT2D eigenvalue weighted by molar-refractivity contribution is -0.144. The summed E-state index contributed by atoms with van der Waals surface area (Å²) in [4.78, 5) is 46.2. The molecule has 0 radical (unpaired) electrons. The van der Waals surface area contributed by atoms with Crippen molar-refractivity contribution in [1.29, 1.82) is 0 Å². The van der Waals surface area contributed by atoms with E-state index in [9.17, 15) is 32.7 Å². The SMILES string of the molecule is COC(=O)C1C(C)=NC(=O)N(C(=O)N[C@@H]2CCN(C3CCC(O)(c4ccc(F)cc4)CC3)C2)[C@H]1c1ccc(F)c(F)c1. The lowest BCUT2D eigenvalue weighted by Gasteiger charge is -2.40. The highest BCUT2D eigenvalue weighted by molar-refractivity contribution is 6.11. The Hall–Kier alpha value is -3.77. The fourth-order valence-electron chi connectivity index (χ4n) is 6.42. The fourth-order valence-corrected chi connectivity index (χ4v) is 6.42. The molecule has 2 heterocycles. The van der Waals surface area contributed by atoms with E-state index in [2.05, 4.69) is 15.2 Å². The maximum absolute atomic E-state index is 14.2. The maximum Gasteiger partial charge on any atom is 0.352 e. The van der Waals surface area contributed by atoms with Crippen molar-refractivity contribution < 1.29 is 37.4 Å². The first kappa shape index (κ1) is 29.7. The van der Waals surface area contributed by atoms with Crippen LogP contribution >= 0.6 is 0 Å². The van der Waals surface area contributed by atoms with E-state index in [-0.39, 0.29) is 29.2 Å². The molecule has 12 heteroatoms. The minimum absolute atomic E-state index is 0.0472. The van der Waals surface area contributed by atoms with Crippen LogP contribution in [0.1, 0.15) is 56.2 Å². The van der Waals surface area contributed by atoms with Crippen molar-refractivity contribution in [3.8, 4) is 0 Å². The molecule has 2 aromatic rings. The molecule has 4 amide bonds. The summed E-state index contributed by atoms with van der Waals surface area (Å²) in [6.07, 6.45) is 3.06. The predicted octanol–water partition coefficient (Wildman–Crippen LogP) is 4.45. The number of rotatable bonds is 5. The van der Waals surface area contributed by atoms with Gasteiger partial charge in [-0.2, -0.15) is 0 Å². The molecule has 0 bridgehead atoms. The molecular weight excluding hydrogens is 553 g/mol. The van der Waals surface area contributed by atoms with Crippen LogP contribution in [0.25, 0.3) is 0 Å². The van der Waals surface area contributed by atoms with E-state index >= 15 is 0 Å². The zero-order valence-electron chi connectivity index (χ0n) is 23.4. The Morgan fingerprint density at radius 3 is 2.38 bits per heavy atom. The van der Waals surface area contributed by atoms with Gasteiger partial charge in [0.25, 0.3) is 0 Å². The highest BCUT2D eigenvalue weighted by Gasteiger charge is 2.47. The van der Waals surface area contributed by atoms with Crippen molar-refractivity contribution in [3.05, 3.63) is 71.0 Å². The molecule has 5 rings (SSSR count). The van der Waals surface area contributed by atoms with Crippen molar-refractivity contribution >= 4 is 23.7 Å². The van der Waals surface area contributed by atoms with Gasteiger partial charge in [0.05, 0.1) is 18.8 Å². The van der Waals surface area contributed by atoms with Gasteiger partial charge in [-0.25, -0.2) is 32.7 Å². The van der Waals surface area contributed by atoms with Crippen molar-refractivity contribution in [1.82, 2.24) is 15.1 Å². The van der Waals surface area contributed by atoms with Crippen LogP contribution < -0.4 is 5.32 Å². The summed E-state index contributed by atoms with van der Waals surface area (Å²) < 4.78 is 46.2. The first-order chi connectivity index (χ1) is 20.0. The second-order valence-electron chi connectivity index (χ2n) is 11.2. The van der Waals surface area contributed by atoms with Gasteiger partial charge in [0.1, 0.15) is 11.7 Å². The number of halogens is 3. The maximum atomic E-state index is 14.2. The number of ether oxygens (including phenoxy) is 1. The number of likely N-dealkylation sites (tertiary alicyclic amines) is 1. The third-order valence-electron chi connectivity index (χ3n) is 8.71. The van der Waals surface area contributed by atoms with E-state index in [0.717, 1.165) is 24.1 Å². The van der Waals surface area contributed by atoms with Gasteiger partial charge in [0.15, 0.2) is 11.6 Å². The number of esters is 1. The van der Waals surface area contributed by atoms with Gasteiger partial charge in [0.2, 0.25) is 0 Å². The molecule has 0 aromatic heterocycles. The van der Waals surface area contributed by atoms with E-state index in [1.165, 1.54) is 25.1 Å². The van der Waals surface area contributed by atoms with E-state index in [1.54, 1.807) is 12.1 Å². The van der Waals surface area contributed by atoms with Crippen molar-refractivity contribution in [2.24, 2.45) is 10.9 Å². The number of benzene rings is 2. The Morgan fingerprint density at radius 2 is 1.74 bits per heavy atom. The molecule has 1 saturated carbocycles. The first-order valence-electron chi connectivity index (χ1n) is 13.9. The van der Waals surface area contributed by atoms with Crippen LogP contribution in [0.3, 0.4) is 0 Å². The van der Waals surface area contributed by atoms with Gasteiger partial charge in [-0.1, -0.05) is 18.2 Å². The van der Waals surface area contributed by atoms with E-state index in [4.69, 9.17) is 4.74 Å². The van der Waals surface area contributed by atoms with Crippen LogP contribution in [-0.4, -0.2) is 70.9 Å². The Morgan fingerprint density at radius 1 is 1.05 bits per heavy atom. The van der Waals surface area contributed by atoms with Crippen LogP contribution in [0.2, 0.25) is 0 Å². The summed E-state index contributed by atoms with van der Waals surface area (Å²) in [7, 11) is 1.15. The number of aliphatic hydroxyl groups is 1. The highest BCUT2D eigenvalue weighted by atomic mass is 19.2. The molecule has 2 aromatic carbocycles. The molecule has 0 spiro atoms. The van der Waals surface area contributed by atoms with E-state index < -0.39 is 47.2 Å². The summed E-state index contributed by atoms with van der Waals surface area (Å²) in [5.41, 5.74) is -0.184. The molecule has 1 aliphatic carbocycles. The minimum atomic E-state index is -1.29. The number of carbonyl (C=O) groups is 3. The summed E-state index contributed by atoms with van der Waals surface area (Å²) in [5.74, 6) is -4.63. The van der Waals surface area contributed by atoms with E-state index in [1.807, 2.05) is 0 Å². The minimum Gasteiger partial charge on any atom is -0.468 e. The summed E-state index contributed by atoms with van der Waals surface area (Å²) >= 11 is 0. The predicted molar refractivity (Wildman–Crippen MR) is 146 cm³/mol. The molecule has 3 atom stereocenters. The lowest BCUT2D eigenvalue weighted by Crippen LogP contribution is -2.54. The quantitative estimate of drug-likeness (QED) is 0.501. The third-order valence-corrected chi connectivity index (χ3v) is 8.71. The number of urea groups is 2. The zero-order valence-corrected chi connectivity index (χ0v) is 23.4. The fraction of sp³-hybridized carbons (Fsp3) is 0.467. The topological polar surface area (TPSA) is 112 Å². The van der Waals surface area contributed by atoms with Crippen LogP contribution in [0.4, 0.5) is 22.8 Å². The molecule has 42 heavy (non-hydrogen) atoms. The second-order valence-corrected chi connectivity index (χ2v) is 11.2. The smallest absolute Gasteiger partial charge is 0.352 e. The van der Waals surface area contributed by atoms with E-state index in [0.29, 0.717) is 50.8 Å². The Balaban J connectivity index is 1.27. The lowest BCUT2D eigenvalue weighted by atomic mass is 9.77. The average Bonchev–Trinajstić information content (AvgIpc) is 3.42. The second kappa shape index (κ2) is 11.8. The molecule has 224 valence electrons. The molecule has 9 nitrogen and oxygen atoms in total. The third kappa shape index (κ3) is 5.78. The summed E-state index contributed by atoms with van der Waals surface area (Å²) in [5, 5.41) is 14.0. The number of amides is 4. The monoisotopic (exact) mass is 586 g/mol. The van der Waals surface area contributed by atoms with Crippen molar-refractivity contribution in [3.63, 3.8) is 0 Å². The molecule has 1 saturated heterocycles. The Kier molecular flexibility index (Phi) is 8.38. The number of methoxy groups -OCH3 is 1. The molecule has 2 N–H and O–H groups in total. The Labute approximate surface area is 241 Å². The molecule has 3 aliphatic rings. The highest BCUT2D eigenvalue weighted by Crippen LogP contribution is 2.40. The average molecular weight is 587 g/mol. The number of imide groups is 1. The van der Waals surface area contributed by atoms with Crippen LogP contribution in [-0.2, 0) is 15.1 Å².